The van der Waals surface area contributed by atoms with Crippen molar-refractivity contribution in [3.8, 4) is 0 Å². The van der Waals surface area contributed by atoms with Crippen molar-refractivity contribution in [1.82, 2.24) is 0 Å². The summed E-state index contributed by atoms with van der Waals surface area (Å²) < 4.78 is 0. The topological polar surface area (TPSA) is 120 Å². The maximum absolute atomic E-state index is 11.5. The number of aryl methyl sites for hydroxylation is 1. The molecule has 0 bridgehead atoms. The van der Waals surface area contributed by atoms with Crippen LogP contribution in [0.1, 0.15) is 16.7 Å². The lowest BCUT2D eigenvalue weighted by Gasteiger charge is -2.18. The van der Waals surface area contributed by atoms with Crippen LogP contribution in [0.15, 0.2) is 77.9 Å². The highest BCUT2D eigenvalue weighted by molar-refractivity contribution is 6.13. The van der Waals surface area contributed by atoms with Crippen molar-refractivity contribution in [3.63, 3.8) is 0 Å². The quantitative estimate of drug-likeness (QED) is 0.329. The molecule has 0 radical (unpaired) electrons. The zero-order valence-corrected chi connectivity index (χ0v) is 15.1. The van der Waals surface area contributed by atoms with Gasteiger partial charge in [-0.2, -0.15) is 15.6 Å². The molecule has 2 unspecified atom stereocenters. The van der Waals surface area contributed by atoms with E-state index >= 15 is 0 Å². The van der Waals surface area contributed by atoms with Crippen molar-refractivity contribution < 1.29 is 20.9 Å². The molecule has 0 heterocycles. The first-order valence-corrected chi connectivity index (χ1v) is 8.52. The number of benzene rings is 3. The third kappa shape index (κ3) is 4.59. The summed E-state index contributed by atoms with van der Waals surface area (Å²) in [5, 5.41) is 43.2. The van der Waals surface area contributed by atoms with E-state index in [9.17, 15) is 15.6 Å². The van der Waals surface area contributed by atoms with E-state index in [0.717, 1.165) is 22.8 Å². The van der Waals surface area contributed by atoms with E-state index < -0.39 is 10.5 Å². The van der Waals surface area contributed by atoms with Crippen LogP contribution >= 0.6 is 0 Å². The van der Waals surface area contributed by atoms with Gasteiger partial charge in [0.15, 0.2) is 11.4 Å². The summed E-state index contributed by atoms with van der Waals surface area (Å²) in [5.41, 5.74) is 6.20. The fraction of sp³-hybridized carbons (Fsp3) is 0.0500. The molecule has 0 saturated carbocycles. The van der Waals surface area contributed by atoms with Crippen molar-refractivity contribution in [2.45, 2.75) is 6.92 Å². The lowest BCUT2D eigenvalue weighted by molar-refractivity contribution is -0.996. The number of hydrogen-bond donors (Lipinski definition) is 5. The summed E-state index contributed by atoms with van der Waals surface area (Å²) in [6.07, 6.45) is 0. The van der Waals surface area contributed by atoms with Crippen molar-refractivity contribution in [2.24, 2.45) is 5.10 Å². The number of hydrogen-bond acceptors (Lipinski definition) is 6. The third-order valence-electron chi connectivity index (χ3n) is 4.16. The summed E-state index contributed by atoms with van der Waals surface area (Å²) in [6.45, 7) is 1.99. The van der Waals surface area contributed by atoms with Crippen molar-refractivity contribution >= 4 is 22.8 Å². The summed E-state index contributed by atoms with van der Waals surface area (Å²) in [5.74, 6) is 0. The minimum Gasteiger partial charge on any atom is -0.595 e. The molecule has 3 aromatic rings. The maximum atomic E-state index is 11.5. The normalized spacial score (nSPS) is 13.8. The van der Waals surface area contributed by atoms with E-state index in [1.54, 1.807) is 0 Å². The number of rotatable bonds is 6. The smallest absolute Gasteiger partial charge is 0.195 e. The lowest BCUT2D eigenvalue weighted by atomic mass is 10.0. The van der Waals surface area contributed by atoms with Crippen LogP contribution in [-0.2, 0) is 0 Å². The molecule has 5 N–H and O–H groups in total. The minimum absolute atomic E-state index is 0.103. The van der Waals surface area contributed by atoms with Crippen LogP contribution in [-0.4, -0.2) is 16.1 Å². The Hall–Kier alpha value is -3.11. The molecule has 28 heavy (non-hydrogen) atoms. The molecule has 3 aromatic carbocycles. The first kappa shape index (κ1) is 19.6. The van der Waals surface area contributed by atoms with Gasteiger partial charge in [-0.3, -0.25) is 5.43 Å². The Morgan fingerprint density at radius 1 is 0.857 bits per heavy atom. The van der Waals surface area contributed by atoms with Gasteiger partial charge in [0.25, 0.3) is 0 Å². The second-order valence-electron chi connectivity index (χ2n) is 6.17. The van der Waals surface area contributed by atoms with Gasteiger partial charge in [-0.1, -0.05) is 60.2 Å². The van der Waals surface area contributed by atoms with Crippen LogP contribution < -0.4 is 15.9 Å². The van der Waals surface area contributed by atoms with E-state index in [4.69, 9.17) is 5.21 Å². The Bertz CT molecular complexity index is 958. The molecule has 0 aliphatic rings. The highest BCUT2D eigenvalue weighted by Crippen LogP contribution is 2.21. The van der Waals surface area contributed by atoms with E-state index in [1.165, 1.54) is 12.1 Å². The molecule has 0 aliphatic carbocycles. The van der Waals surface area contributed by atoms with Crippen LogP contribution in [0, 0.1) is 17.3 Å². The SMILES string of the molecule is Cc1ccc(C(=NNc2ccc([NH+]([O-])O)cc2[NH+]([O-])O)c2ccccc2)cc1. The predicted octanol–water partition coefficient (Wildman–Crippen LogP) is 1.67. The van der Waals surface area contributed by atoms with Gasteiger partial charge in [0.1, 0.15) is 5.69 Å². The van der Waals surface area contributed by atoms with Gasteiger partial charge >= 0.3 is 0 Å². The molecular formula is C20H20N4O4. The average Bonchev–Trinajstić information content (AvgIpc) is 2.70. The number of anilines is 1. The lowest BCUT2D eigenvalue weighted by Crippen LogP contribution is -3.00. The molecule has 2 atom stereocenters. The van der Waals surface area contributed by atoms with Crippen LogP contribution in [0.2, 0.25) is 0 Å². The Morgan fingerprint density at radius 3 is 2.11 bits per heavy atom. The fourth-order valence-electron chi connectivity index (χ4n) is 2.67. The Balaban J connectivity index is 2.01. The highest BCUT2D eigenvalue weighted by Gasteiger charge is 2.14. The fourth-order valence-corrected chi connectivity index (χ4v) is 2.67. The third-order valence-corrected chi connectivity index (χ3v) is 4.16. The monoisotopic (exact) mass is 380 g/mol. The number of nitrogens with zero attached hydrogens (tertiary/aromatic N) is 1. The molecule has 0 fully saturated rings. The first-order chi connectivity index (χ1) is 13.5. The Morgan fingerprint density at radius 2 is 1.50 bits per heavy atom. The van der Waals surface area contributed by atoms with Gasteiger partial charge in [-0.05, 0) is 13.0 Å². The van der Waals surface area contributed by atoms with E-state index in [2.05, 4.69) is 10.5 Å². The first-order valence-electron chi connectivity index (χ1n) is 8.52. The number of hydrazone groups is 1. The van der Waals surface area contributed by atoms with E-state index in [-0.39, 0.29) is 17.1 Å². The zero-order chi connectivity index (χ0) is 20.1. The molecular weight excluding hydrogens is 360 g/mol. The second kappa shape index (κ2) is 8.72. The molecule has 3 rings (SSSR count). The largest absolute Gasteiger partial charge is 0.595 e. The van der Waals surface area contributed by atoms with Crippen molar-refractivity contribution in [2.75, 3.05) is 5.43 Å². The van der Waals surface area contributed by atoms with Crippen LogP contribution in [0.5, 0.6) is 0 Å². The zero-order valence-electron chi connectivity index (χ0n) is 15.1. The van der Waals surface area contributed by atoms with Gasteiger partial charge in [0.2, 0.25) is 0 Å². The number of quaternary nitrogens is 2. The van der Waals surface area contributed by atoms with E-state index in [0.29, 0.717) is 5.71 Å². The summed E-state index contributed by atoms with van der Waals surface area (Å²) in [6, 6.07) is 21.2. The summed E-state index contributed by atoms with van der Waals surface area (Å²) >= 11 is 0. The molecule has 0 aliphatic heterocycles. The summed E-state index contributed by atoms with van der Waals surface area (Å²) in [7, 11) is 0. The molecule has 0 saturated heterocycles. The van der Waals surface area contributed by atoms with Gasteiger partial charge in [-0.25, -0.2) is 10.4 Å². The standard InChI is InChI=1S/C20H20N4O4/c1-14-7-9-16(10-8-14)20(15-5-3-2-4-6-15)22-21-18-12-11-17(23(25)26)13-19(18)24(27)28/h2-13,21,23-25,27H,1H3. The molecule has 0 spiro atoms. The predicted molar refractivity (Wildman–Crippen MR) is 105 cm³/mol. The average molecular weight is 380 g/mol. The van der Waals surface area contributed by atoms with Crippen LogP contribution in [0.25, 0.3) is 0 Å². The van der Waals surface area contributed by atoms with Gasteiger partial charge in [0, 0.05) is 17.2 Å². The van der Waals surface area contributed by atoms with Gasteiger partial charge < -0.3 is 10.4 Å². The highest BCUT2D eigenvalue weighted by atomic mass is 16.8. The maximum Gasteiger partial charge on any atom is 0.195 e. The Kier molecular flexibility index (Phi) is 6.12. The molecule has 8 nitrogen and oxygen atoms in total. The van der Waals surface area contributed by atoms with Gasteiger partial charge in [0.05, 0.1) is 11.8 Å². The molecule has 0 amide bonds. The molecule has 8 heteroatoms. The minimum atomic E-state index is -1.24. The van der Waals surface area contributed by atoms with Crippen molar-refractivity contribution in [1.29, 1.82) is 0 Å². The van der Waals surface area contributed by atoms with Gasteiger partial charge in [-0.15, -0.1) is 0 Å². The number of nitrogens with one attached hydrogen (secondary N) is 3. The van der Waals surface area contributed by atoms with E-state index in [1.807, 2.05) is 61.5 Å². The second-order valence-corrected chi connectivity index (χ2v) is 6.17. The molecule has 0 aromatic heterocycles. The summed E-state index contributed by atoms with van der Waals surface area (Å²) in [4.78, 5) is 0. The Labute approximate surface area is 161 Å². The van der Waals surface area contributed by atoms with Crippen LogP contribution in [0.4, 0.5) is 17.1 Å². The van der Waals surface area contributed by atoms with Crippen LogP contribution in [0.3, 0.4) is 0 Å². The molecule has 144 valence electrons. The van der Waals surface area contributed by atoms with Crippen molar-refractivity contribution in [3.05, 3.63) is 99.9 Å².